The maximum atomic E-state index is 8.92. The Labute approximate surface area is 109 Å². The molecule has 0 amide bonds. The van der Waals surface area contributed by atoms with Crippen LogP contribution in [0.2, 0.25) is 0 Å². The van der Waals surface area contributed by atoms with E-state index in [0.29, 0.717) is 5.92 Å². The van der Waals surface area contributed by atoms with Gasteiger partial charge in [-0.15, -0.1) is 0 Å². The number of β-amino-alcohol motifs (C(OH)–C–C–N with tert-alkyl or cyclic N) is 1. The van der Waals surface area contributed by atoms with E-state index in [4.69, 9.17) is 5.11 Å². The van der Waals surface area contributed by atoms with Gasteiger partial charge in [-0.3, -0.25) is 4.90 Å². The second kappa shape index (κ2) is 6.16. The van der Waals surface area contributed by atoms with Gasteiger partial charge >= 0.3 is 0 Å². The van der Waals surface area contributed by atoms with Crippen molar-refractivity contribution in [1.82, 2.24) is 9.88 Å². The van der Waals surface area contributed by atoms with Gasteiger partial charge in [0.15, 0.2) is 0 Å². The van der Waals surface area contributed by atoms with E-state index in [2.05, 4.69) is 40.8 Å². The van der Waals surface area contributed by atoms with Gasteiger partial charge in [-0.25, -0.2) is 4.98 Å². The van der Waals surface area contributed by atoms with Crippen LogP contribution in [0.25, 0.3) is 0 Å². The van der Waals surface area contributed by atoms with Crippen molar-refractivity contribution in [1.29, 1.82) is 0 Å². The summed E-state index contributed by atoms with van der Waals surface area (Å²) in [6.45, 7) is 9.41. The summed E-state index contributed by atoms with van der Waals surface area (Å²) in [6, 6.07) is 4.30. The zero-order valence-corrected chi connectivity index (χ0v) is 11.3. The van der Waals surface area contributed by atoms with Crippen LogP contribution in [0.4, 0.5) is 5.82 Å². The molecule has 0 saturated carbocycles. The summed E-state index contributed by atoms with van der Waals surface area (Å²) in [5, 5.41) is 8.92. The summed E-state index contributed by atoms with van der Waals surface area (Å²) >= 11 is 0. The summed E-state index contributed by atoms with van der Waals surface area (Å²) in [5.41, 5.74) is 1.29. The van der Waals surface area contributed by atoms with Gasteiger partial charge in [0.25, 0.3) is 0 Å². The number of aliphatic hydroxyl groups is 1. The molecule has 4 heteroatoms. The zero-order valence-electron chi connectivity index (χ0n) is 11.3. The molecule has 2 rings (SSSR count). The molecule has 0 bridgehead atoms. The molecular formula is C14H23N3O. The maximum absolute atomic E-state index is 8.92. The Hall–Kier alpha value is -1.13. The molecule has 0 spiro atoms. The summed E-state index contributed by atoms with van der Waals surface area (Å²) in [7, 11) is 0. The summed E-state index contributed by atoms with van der Waals surface area (Å²) in [4.78, 5) is 9.16. The van der Waals surface area contributed by atoms with Crippen molar-refractivity contribution in [2.45, 2.75) is 19.8 Å². The summed E-state index contributed by atoms with van der Waals surface area (Å²) in [5.74, 6) is 1.61. The molecular weight excluding hydrogens is 226 g/mol. The Bertz CT molecular complexity index is 356. The van der Waals surface area contributed by atoms with Gasteiger partial charge in [0.1, 0.15) is 5.82 Å². The number of anilines is 1. The van der Waals surface area contributed by atoms with Crippen LogP contribution in [0, 0.1) is 0 Å². The van der Waals surface area contributed by atoms with Crippen molar-refractivity contribution in [2.24, 2.45) is 0 Å². The number of rotatable bonds is 4. The second-order valence-corrected chi connectivity index (χ2v) is 5.16. The van der Waals surface area contributed by atoms with E-state index >= 15 is 0 Å². The number of nitrogens with zero attached hydrogens (tertiary/aromatic N) is 3. The fraction of sp³-hybridized carbons (Fsp3) is 0.643. The highest BCUT2D eigenvalue weighted by molar-refractivity contribution is 5.40. The lowest BCUT2D eigenvalue weighted by molar-refractivity contribution is 0.188. The van der Waals surface area contributed by atoms with E-state index in [1.165, 1.54) is 5.56 Å². The van der Waals surface area contributed by atoms with E-state index in [9.17, 15) is 0 Å². The Morgan fingerprint density at radius 2 is 1.94 bits per heavy atom. The van der Waals surface area contributed by atoms with Crippen LogP contribution in [-0.2, 0) is 0 Å². The van der Waals surface area contributed by atoms with Gasteiger partial charge < -0.3 is 10.0 Å². The number of pyridine rings is 1. The standard InChI is InChI=1S/C14H23N3O/c1-12(2)13-3-4-14(15-11-13)17-7-5-16(6-8-17)9-10-18/h3-4,11-12,18H,5-10H2,1-2H3. The lowest BCUT2D eigenvalue weighted by atomic mass is 10.1. The third-order valence-electron chi connectivity index (χ3n) is 3.55. The average Bonchev–Trinajstić information content (AvgIpc) is 2.40. The number of hydrogen-bond acceptors (Lipinski definition) is 4. The second-order valence-electron chi connectivity index (χ2n) is 5.16. The van der Waals surface area contributed by atoms with Crippen molar-refractivity contribution in [2.75, 3.05) is 44.2 Å². The predicted octanol–water partition coefficient (Wildman–Crippen LogP) is 1.32. The lowest BCUT2D eigenvalue weighted by Crippen LogP contribution is -2.47. The van der Waals surface area contributed by atoms with Crippen molar-refractivity contribution in [3.63, 3.8) is 0 Å². The van der Waals surface area contributed by atoms with Crippen LogP contribution in [0.1, 0.15) is 25.3 Å². The lowest BCUT2D eigenvalue weighted by Gasteiger charge is -2.35. The first-order chi connectivity index (χ1) is 8.70. The van der Waals surface area contributed by atoms with E-state index in [1.807, 2.05) is 6.20 Å². The highest BCUT2D eigenvalue weighted by Crippen LogP contribution is 2.18. The summed E-state index contributed by atoms with van der Waals surface area (Å²) < 4.78 is 0. The number of aliphatic hydroxyl groups excluding tert-OH is 1. The van der Waals surface area contributed by atoms with E-state index in [1.54, 1.807) is 0 Å². The largest absolute Gasteiger partial charge is 0.395 e. The minimum atomic E-state index is 0.251. The molecule has 0 atom stereocenters. The molecule has 1 aromatic heterocycles. The zero-order chi connectivity index (χ0) is 13.0. The Balaban J connectivity index is 1.93. The van der Waals surface area contributed by atoms with Gasteiger partial charge in [-0.05, 0) is 17.5 Å². The molecule has 4 nitrogen and oxygen atoms in total. The van der Waals surface area contributed by atoms with Crippen LogP contribution in [0.15, 0.2) is 18.3 Å². The molecule has 100 valence electrons. The van der Waals surface area contributed by atoms with Crippen LogP contribution in [0.3, 0.4) is 0 Å². The molecule has 0 aliphatic carbocycles. The minimum Gasteiger partial charge on any atom is -0.395 e. The van der Waals surface area contributed by atoms with Crippen molar-refractivity contribution < 1.29 is 5.11 Å². The normalized spacial score (nSPS) is 17.4. The Morgan fingerprint density at radius 3 is 2.44 bits per heavy atom. The monoisotopic (exact) mass is 249 g/mol. The highest BCUT2D eigenvalue weighted by Gasteiger charge is 2.17. The first-order valence-corrected chi connectivity index (χ1v) is 6.75. The predicted molar refractivity (Wildman–Crippen MR) is 74.1 cm³/mol. The first-order valence-electron chi connectivity index (χ1n) is 6.75. The topological polar surface area (TPSA) is 39.6 Å². The molecule has 0 aromatic carbocycles. The number of hydrogen-bond donors (Lipinski definition) is 1. The molecule has 1 N–H and O–H groups in total. The van der Waals surface area contributed by atoms with E-state index in [0.717, 1.165) is 38.5 Å². The highest BCUT2D eigenvalue weighted by atomic mass is 16.3. The molecule has 1 aromatic rings. The molecule has 1 aliphatic heterocycles. The fourth-order valence-corrected chi connectivity index (χ4v) is 2.27. The molecule has 1 aliphatic rings. The van der Waals surface area contributed by atoms with E-state index < -0.39 is 0 Å². The molecule has 2 heterocycles. The maximum Gasteiger partial charge on any atom is 0.128 e. The third-order valence-corrected chi connectivity index (χ3v) is 3.55. The number of aromatic nitrogens is 1. The van der Waals surface area contributed by atoms with Crippen LogP contribution < -0.4 is 4.90 Å². The van der Waals surface area contributed by atoms with Crippen molar-refractivity contribution >= 4 is 5.82 Å². The van der Waals surface area contributed by atoms with Crippen molar-refractivity contribution in [3.8, 4) is 0 Å². The van der Waals surface area contributed by atoms with Gasteiger partial charge in [0.2, 0.25) is 0 Å². The van der Waals surface area contributed by atoms with Crippen LogP contribution >= 0.6 is 0 Å². The molecule has 1 saturated heterocycles. The van der Waals surface area contributed by atoms with Gasteiger partial charge in [0, 0.05) is 38.9 Å². The van der Waals surface area contributed by atoms with Crippen LogP contribution in [0.5, 0.6) is 0 Å². The van der Waals surface area contributed by atoms with Crippen molar-refractivity contribution in [3.05, 3.63) is 23.9 Å². The van der Waals surface area contributed by atoms with E-state index in [-0.39, 0.29) is 6.61 Å². The first kappa shape index (κ1) is 13.3. The smallest absolute Gasteiger partial charge is 0.128 e. The van der Waals surface area contributed by atoms with Gasteiger partial charge in [0.05, 0.1) is 6.61 Å². The fourth-order valence-electron chi connectivity index (χ4n) is 2.27. The third kappa shape index (κ3) is 3.21. The minimum absolute atomic E-state index is 0.251. The van der Waals surface area contributed by atoms with Gasteiger partial charge in [-0.2, -0.15) is 0 Å². The Morgan fingerprint density at radius 1 is 1.22 bits per heavy atom. The Kier molecular flexibility index (Phi) is 4.55. The van der Waals surface area contributed by atoms with Gasteiger partial charge in [-0.1, -0.05) is 19.9 Å². The SMILES string of the molecule is CC(C)c1ccc(N2CCN(CCO)CC2)nc1. The molecule has 0 radical (unpaired) electrons. The molecule has 0 unspecified atom stereocenters. The molecule has 1 fully saturated rings. The summed E-state index contributed by atoms with van der Waals surface area (Å²) in [6.07, 6.45) is 1.99. The molecule has 18 heavy (non-hydrogen) atoms. The van der Waals surface area contributed by atoms with Crippen LogP contribution in [-0.4, -0.2) is 54.3 Å². The quantitative estimate of drug-likeness (QED) is 0.873. The average molecular weight is 249 g/mol. The number of piperazine rings is 1.